The van der Waals surface area contributed by atoms with Crippen LogP contribution in [-0.4, -0.2) is 33.7 Å². The van der Waals surface area contributed by atoms with E-state index in [1.165, 1.54) is 11.8 Å². The molecule has 1 N–H and O–H groups in total. The molecule has 4 rings (SSSR count). The summed E-state index contributed by atoms with van der Waals surface area (Å²) in [7, 11) is 0. The van der Waals surface area contributed by atoms with E-state index in [0.29, 0.717) is 11.7 Å². The Morgan fingerprint density at radius 1 is 1.00 bits per heavy atom. The molecular formula is C27H28N4O2S. The Morgan fingerprint density at radius 3 is 2.50 bits per heavy atom. The van der Waals surface area contributed by atoms with Crippen LogP contribution in [0.4, 0.5) is 11.4 Å². The second kappa shape index (κ2) is 10.6. The van der Waals surface area contributed by atoms with Crippen LogP contribution < -0.4 is 10.2 Å². The molecule has 0 atom stereocenters. The van der Waals surface area contributed by atoms with Crippen LogP contribution in [-0.2, 0) is 16.1 Å². The molecule has 0 aliphatic heterocycles. The van der Waals surface area contributed by atoms with Crippen molar-refractivity contribution >= 4 is 46.0 Å². The van der Waals surface area contributed by atoms with E-state index in [1.807, 2.05) is 98.1 Å². The van der Waals surface area contributed by atoms with Crippen LogP contribution in [0.3, 0.4) is 0 Å². The van der Waals surface area contributed by atoms with Crippen LogP contribution in [0.25, 0.3) is 11.0 Å². The first-order chi connectivity index (χ1) is 16.5. The summed E-state index contributed by atoms with van der Waals surface area (Å²) >= 11 is 1.35. The molecule has 2 amide bonds. The molecule has 0 radical (unpaired) electrons. The summed E-state index contributed by atoms with van der Waals surface area (Å²) < 4.78 is 1.88. The Labute approximate surface area is 204 Å². The predicted molar refractivity (Wildman–Crippen MR) is 139 cm³/mol. The normalized spacial score (nSPS) is 10.9. The molecule has 174 valence electrons. The first-order valence-electron chi connectivity index (χ1n) is 11.3. The Kier molecular flexibility index (Phi) is 7.33. The van der Waals surface area contributed by atoms with Gasteiger partial charge in [-0.05, 0) is 62.2 Å². The van der Waals surface area contributed by atoms with E-state index in [1.54, 1.807) is 4.90 Å². The van der Waals surface area contributed by atoms with E-state index in [0.717, 1.165) is 33.5 Å². The molecular weight excluding hydrogens is 444 g/mol. The third-order valence-corrected chi connectivity index (χ3v) is 6.56. The molecule has 1 heterocycles. The van der Waals surface area contributed by atoms with Gasteiger partial charge in [-0.2, -0.15) is 0 Å². The number of para-hydroxylation sites is 3. The van der Waals surface area contributed by atoms with Gasteiger partial charge in [0.05, 0.1) is 16.8 Å². The van der Waals surface area contributed by atoms with Crippen LogP contribution in [0.15, 0.2) is 78.0 Å². The smallest absolute Gasteiger partial charge is 0.244 e. The molecule has 0 fully saturated rings. The highest BCUT2D eigenvalue weighted by Crippen LogP contribution is 2.26. The molecule has 4 aromatic rings. The van der Waals surface area contributed by atoms with Gasteiger partial charge in [0, 0.05) is 17.9 Å². The predicted octanol–water partition coefficient (Wildman–Crippen LogP) is 5.44. The number of amides is 2. The molecule has 0 aliphatic carbocycles. The van der Waals surface area contributed by atoms with Gasteiger partial charge in [-0.15, -0.1) is 0 Å². The first kappa shape index (κ1) is 23.6. The summed E-state index contributed by atoms with van der Waals surface area (Å²) in [5.74, 6) is 0.0895. The van der Waals surface area contributed by atoms with Crippen LogP contribution >= 0.6 is 11.8 Å². The van der Waals surface area contributed by atoms with Gasteiger partial charge in [0.15, 0.2) is 5.16 Å². The van der Waals surface area contributed by atoms with Gasteiger partial charge in [-0.25, -0.2) is 4.98 Å². The summed E-state index contributed by atoms with van der Waals surface area (Å²) in [6.07, 6.45) is 0. The lowest BCUT2D eigenvalue weighted by atomic mass is 10.1. The maximum Gasteiger partial charge on any atom is 0.244 e. The second-order valence-electron chi connectivity index (χ2n) is 8.10. The highest BCUT2D eigenvalue weighted by molar-refractivity contribution is 7.99. The van der Waals surface area contributed by atoms with Crippen LogP contribution in [0.1, 0.15) is 18.1 Å². The number of rotatable bonds is 8. The van der Waals surface area contributed by atoms with Gasteiger partial charge >= 0.3 is 0 Å². The third kappa shape index (κ3) is 5.31. The van der Waals surface area contributed by atoms with Crippen molar-refractivity contribution in [2.75, 3.05) is 22.5 Å². The summed E-state index contributed by atoms with van der Waals surface area (Å²) in [6, 6.07) is 23.3. The minimum Gasteiger partial charge on any atom is -0.324 e. The van der Waals surface area contributed by atoms with Crippen LogP contribution in [0.5, 0.6) is 0 Å². The topological polar surface area (TPSA) is 67.2 Å². The lowest BCUT2D eigenvalue weighted by Gasteiger charge is -2.20. The van der Waals surface area contributed by atoms with Crippen molar-refractivity contribution < 1.29 is 9.59 Å². The zero-order valence-corrected chi connectivity index (χ0v) is 20.4. The van der Waals surface area contributed by atoms with E-state index < -0.39 is 0 Å². The van der Waals surface area contributed by atoms with Crippen LogP contribution in [0, 0.1) is 13.8 Å². The number of benzene rings is 3. The van der Waals surface area contributed by atoms with Gasteiger partial charge < -0.3 is 14.8 Å². The van der Waals surface area contributed by atoms with E-state index in [-0.39, 0.29) is 24.1 Å². The van der Waals surface area contributed by atoms with Gasteiger partial charge in [-0.3, -0.25) is 9.59 Å². The fourth-order valence-corrected chi connectivity index (χ4v) is 4.73. The summed E-state index contributed by atoms with van der Waals surface area (Å²) in [6.45, 7) is 6.63. The van der Waals surface area contributed by atoms with E-state index in [2.05, 4.69) is 5.32 Å². The Hall–Kier alpha value is -3.58. The summed E-state index contributed by atoms with van der Waals surface area (Å²) in [5.41, 5.74) is 5.44. The van der Waals surface area contributed by atoms with E-state index in [9.17, 15) is 9.59 Å². The summed E-state index contributed by atoms with van der Waals surface area (Å²) in [5, 5.41) is 3.67. The first-order valence-corrected chi connectivity index (χ1v) is 12.3. The standard InChI is InChI=1S/C27H28N4O2S/c1-4-30(21-10-6-5-7-11-21)26(33)18-34-27-29-22-12-8-9-13-24(22)31(27)17-25(32)28-23-16-19(2)14-15-20(23)3/h5-16H,4,17-18H2,1-3H3,(H,28,32). The number of thioether (sulfide) groups is 1. The average Bonchev–Trinajstić information content (AvgIpc) is 3.18. The molecule has 6 nitrogen and oxygen atoms in total. The van der Waals surface area contributed by atoms with E-state index in [4.69, 9.17) is 4.98 Å². The van der Waals surface area contributed by atoms with Gasteiger partial charge in [0.25, 0.3) is 0 Å². The van der Waals surface area contributed by atoms with Gasteiger partial charge in [0.2, 0.25) is 11.8 Å². The quantitative estimate of drug-likeness (QED) is 0.347. The molecule has 7 heteroatoms. The number of fused-ring (bicyclic) bond motifs is 1. The van der Waals surface area contributed by atoms with Crippen molar-refractivity contribution in [1.82, 2.24) is 9.55 Å². The minimum absolute atomic E-state index is 0.00265. The Morgan fingerprint density at radius 2 is 1.74 bits per heavy atom. The molecule has 0 unspecified atom stereocenters. The van der Waals surface area contributed by atoms with Crippen molar-refractivity contribution in [3.05, 3.63) is 83.9 Å². The number of hydrogen-bond acceptors (Lipinski definition) is 4. The molecule has 0 saturated heterocycles. The zero-order chi connectivity index (χ0) is 24.1. The SMILES string of the molecule is CCN(C(=O)CSc1nc2ccccc2n1CC(=O)Nc1cc(C)ccc1C)c1ccccc1. The van der Waals surface area contributed by atoms with E-state index >= 15 is 0 Å². The lowest BCUT2D eigenvalue weighted by molar-refractivity contribution is -0.117. The van der Waals surface area contributed by atoms with Gasteiger partial charge in [0.1, 0.15) is 6.54 Å². The number of hydrogen-bond donors (Lipinski definition) is 1. The molecule has 0 bridgehead atoms. The van der Waals surface area contributed by atoms with Gasteiger partial charge in [-0.1, -0.05) is 54.2 Å². The molecule has 3 aromatic carbocycles. The number of nitrogens with zero attached hydrogens (tertiary/aromatic N) is 3. The molecule has 34 heavy (non-hydrogen) atoms. The summed E-state index contributed by atoms with van der Waals surface area (Å²) in [4.78, 5) is 32.4. The Balaban J connectivity index is 1.53. The van der Waals surface area contributed by atoms with Crippen molar-refractivity contribution in [2.45, 2.75) is 32.5 Å². The zero-order valence-electron chi connectivity index (χ0n) is 19.6. The molecule has 0 spiro atoms. The van der Waals surface area contributed by atoms with Crippen molar-refractivity contribution in [2.24, 2.45) is 0 Å². The number of carbonyl (C=O) groups is 2. The number of aromatic nitrogens is 2. The fourth-order valence-electron chi connectivity index (χ4n) is 3.84. The molecule has 0 aliphatic rings. The largest absolute Gasteiger partial charge is 0.324 e. The number of imidazole rings is 1. The number of nitrogens with one attached hydrogen (secondary N) is 1. The highest BCUT2D eigenvalue weighted by Gasteiger charge is 2.19. The minimum atomic E-state index is -0.135. The van der Waals surface area contributed by atoms with Crippen molar-refractivity contribution in [1.29, 1.82) is 0 Å². The second-order valence-corrected chi connectivity index (χ2v) is 9.04. The van der Waals surface area contributed by atoms with Crippen LogP contribution in [0.2, 0.25) is 0 Å². The third-order valence-electron chi connectivity index (χ3n) is 5.60. The monoisotopic (exact) mass is 472 g/mol. The molecule has 1 aromatic heterocycles. The number of anilines is 2. The van der Waals surface area contributed by atoms with Crippen molar-refractivity contribution in [3.63, 3.8) is 0 Å². The number of carbonyl (C=O) groups excluding carboxylic acids is 2. The maximum absolute atomic E-state index is 13.0. The average molecular weight is 473 g/mol. The fraction of sp³-hybridized carbons (Fsp3) is 0.222. The Bertz CT molecular complexity index is 1320. The molecule has 0 saturated carbocycles. The maximum atomic E-state index is 13.0. The number of aryl methyl sites for hydroxylation is 2. The lowest BCUT2D eigenvalue weighted by Crippen LogP contribution is -2.32. The van der Waals surface area contributed by atoms with Crippen molar-refractivity contribution in [3.8, 4) is 0 Å². The highest BCUT2D eigenvalue weighted by atomic mass is 32.2.